The van der Waals surface area contributed by atoms with Gasteiger partial charge in [-0.15, -0.1) is 6.42 Å². The molecule has 0 heterocycles. The molecule has 0 amide bonds. The van der Waals surface area contributed by atoms with E-state index in [0.717, 1.165) is 5.92 Å². The zero-order chi connectivity index (χ0) is 11.8. The summed E-state index contributed by atoms with van der Waals surface area (Å²) >= 11 is 5.28. The van der Waals surface area contributed by atoms with Crippen molar-refractivity contribution >= 4 is 17.3 Å². The summed E-state index contributed by atoms with van der Waals surface area (Å²) in [4.78, 5) is 0. The molecular formula is C13H18N2S. The molecule has 2 rings (SSSR count). The maximum Gasteiger partial charge on any atom is 0.167 e. The van der Waals surface area contributed by atoms with E-state index in [-0.39, 0.29) is 5.54 Å². The van der Waals surface area contributed by atoms with Crippen LogP contribution in [0.3, 0.4) is 0 Å². The summed E-state index contributed by atoms with van der Waals surface area (Å²) in [5.74, 6) is 4.09. The van der Waals surface area contributed by atoms with Gasteiger partial charge in [-0.25, -0.2) is 0 Å². The molecule has 2 N–H and O–H groups in total. The molecule has 0 aliphatic heterocycles. The molecule has 0 spiro atoms. The second kappa shape index (κ2) is 4.10. The van der Waals surface area contributed by atoms with Crippen molar-refractivity contribution in [3.05, 3.63) is 12.2 Å². The maximum atomic E-state index is 5.41. The Morgan fingerprint density at radius 1 is 1.44 bits per heavy atom. The van der Waals surface area contributed by atoms with Gasteiger partial charge < -0.3 is 10.6 Å². The third kappa shape index (κ3) is 2.38. The molecule has 16 heavy (non-hydrogen) atoms. The van der Waals surface area contributed by atoms with E-state index >= 15 is 0 Å². The molecule has 3 atom stereocenters. The van der Waals surface area contributed by atoms with Crippen LogP contribution >= 0.6 is 12.2 Å². The van der Waals surface area contributed by atoms with Crippen LogP contribution in [0.4, 0.5) is 0 Å². The van der Waals surface area contributed by atoms with Crippen molar-refractivity contribution in [1.82, 2.24) is 10.6 Å². The van der Waals surface area contributed by atoms with E-state index in [4.69, 9.17) is 18.6 Å². The maximum absolute atomic E-state index is 5.41. The number of hydrogen-bond donors (Lipinski definition) is 2. The summed E-state index contributed by atoms with van der Waals surface area (Å²) in [6, 6.07) is 0.489. The topological polar surface area (TPSA) is 24.1 Å². The molecule has 0 aromatic rings. The Kier molecular flexibility index (Phi) is 2.94. The van der Waals surface area contributed by atoms with Gasteiger partial charge in [0.2, 0.25) is 0 Å². The van der Waals surface area contributed by atoms with Crippen LogP contribution in [0.25, 0.3) is 0 Å². The van der Waals surface area contributed by atoms with Crippen molar-refractivity contribution in [3.63, 3.8) is 0 Å². The predicted octanol–water partition coefficient (Wildman–Crippen LogP) is 1.83. The quantitative estimate of drug-likeness (QED) is 0.433. The van der Waals surface area contributed by atoms with Crippen LogP contribution in [0.2, 0.25) is 0 Å². The Hall–Kier alpha value is -1.01. The molecule has 1 fully saturated rings. The van der Waals surface area contributed by atoms with Crippen molar-refractivity contribution < 1.29 is 0 Å². The van der Waals surface area contributed by atoms with Gasteiger partial charge in [-0.05, 0) is 50.7 Å². The van der Waals surface area contributed by atoms with Crippen molar-refractivity contribution in [2.75, 3.05) is 0 Å². The van der Waals surface area contributed by atoms with E-state index in [0.29, 0.717) is 17.1 Å². The van der Waals surface area contributed by atoms with Gasteiger partial charge in [0.15, 0.2) is 5.11 Å². The minimum absolute atomic E-state index is 0.377. The molecule has 86 valence electrons. The van der Waals surface area contributed by atoms with Gasteiger partial charge in [0.25, 0.3) is 0 Å². The van der Waals surface area contributed by atoms with Crippen molar-refractivity contribution in [3.8, 4) is 12.3 Å². The average molecular weight is 234 g/mol. The summed E-state index contributed by atoms with van der Waals surface area (Å²) in [5, 5.41) is 7.20. The highest BCUT2D eigenvalue weighted by Gasteiger charge is 2.36. The average Bonchev–Trinajstić information content (AvgIpc) is 2.78. The molecule has 0 radical (unpaired) electrons. The molecule has 3 heteroatoms. The van der Waals surface area contributed by atoms with E-state index in [1.165, 1.54) is 12.8 Å². The molecule has 2 bridgehead atoms. The monoisotopic (exact) mass is 234 g/mol. The third-order valence-corrected chi connectivity index (χ3v) is 3.60. The van der Waals surface area contributed by atoms with Crippen LogP contribution in [0, 0.1) is 24.2 Å². The van der Waals surface area contributed by atoms with Crippen LogP contribution in [0.15, 0.2) is 12.2 Å². The molecule has 0 saturated heterocycles. The highest BCUT2D eigenvalue weighted by Crippen LogP contribution is 2.38. The Labute approximate surface area is 103 Å². The number of allylic oxidation sites excluding steroid dienone is 1. The lowest BCUT2D eigenvalue weighted by molar-refractivity contribution is 0.505. The number of thiocarbonyl (C=S) groups is 1. The van der Waals surface area contributed by atoms with Crippen LogP contribution < -0.4 is 10.6 Å². The number of hydrogen-bond acceptors (Lipinski definition) is 1. The Morgan fingerprint density at radius 3 is 2.69 bits per heavy atom. The van der Waals surface area contributed by atoms with E-state index in [1.807, 2.05) is 13.8 Å². The molecule has 2 nitrogen and oxygen atoms in total. The van der Waals surface area contributed by atoms with Gasteiger partial charge in [-0.3, -0.25) is 0 Å². The van der Waals surface area contributed by atoms with E-state index < -0.39 is 0 Å². The predicted molar refractivity (Wildman–Crippen MR) is 70.9 cm³/mol. The lowest BCUT2D eigenvalue weighted by Crippen LogP contribution is -2.51. The van der Waals surface area contributed by atoms with Crippen LogP contribution in [-0.2, 0) is 0 Å². The van der Waals surface area contributed by atoms with Crippen LogP contribution in [-0.4, -0.2) is 16.7 Å². The number of terminal acetylenes is 1. The summed E-state index contributed by atoms with van der Waals surface area (Å²) in [6.07, 6.45) is 12.5. The minimum Gasteiger partial charge on any atom is -0.359 e. The van der Waals surface area contributed by atoms with E-state index in [1.54, 1.807) is 0 Å². The van der Waals surface area contributed by atoms with E-state index in [2.05, 4.69) is 28.7 Å². The molecular weight excluding hydrogens is 216 g/mol. The summed E-state index contributed by atoms with van der Waals surface area (Å²) in [5.41, 5.74) is -0.377. The fourth-order valence-electron chi connectivity index (χ4n) is 2.47. The highest BCUT2D eigenvalue weighted by atomic mass is 32.1. The summed E-state index contributed by atoms with van der Waals surface area (Å²) in [7, 11) is 0. The highest BCUT2D eigenvalue weighted by molar-refractivity contribution is 7.80. The fraction of sp³-hybridized carbons (Fsp3) is 0.615. The summed E-state index contributed by atoms with van der Waals surface area (Å²) in [6.45, 7) is 3.89. The lowest BCUT2D eigenvalue weighted by atomic mass is 10.0. The SMILES string of the molecule is C#CC(C)(C)NC(=S)N[C@@H]1C[C@H]2C=C[C@H]1C2. The first-order valence-electron chi connectivity index (χ1n) is 5.75. The minimum atomic E-state index is -0.377. The molecule has 2 aliphatic rings. The second-order valence-corrected chi connectivity index (χ2v) is 5.66. The number of rotatable bonds is 2. The molecule has 0 aromatic heterocycles. The zero-order valence-corrected chi connectivity index (χ0v) is 10.6. The molecule has 0 aromatic carbocycles. The zero-order valence-electron chi connectivity index (χ0n) is 9.79. The first-order valence-corrected chi connectivity index (χ1v) is 6.16. The van der Waals surface area contributed by atoms with E-state index in [9.17, 15) is 0 Å². The first kappa shape index (κ1) is 11.5. The van der Waals surface area contributed by atoms with Gasteiger partial charge in [0, 0.05) is 6.04 Å². The first-order chi connectivity index (χ1) is 7.50. The third-order valence-electron chi connectivity index (χ3n) is 3.38. The van der Waals surface area contributed by atoms with Crippen LogP contribution in [0.5, 0.6) is 0 Å². The largest absolute Gasteiger partial charge is 0.359 e. The standard InChI is InChI=1S/C13H18N2S/c1-4-13(2,3)15-12(16)14-11-8-9-5-6-10(11)7-9/h1,5-6,9-11H,7-8H2,2-3H3,(H2,14,15,16)/t9-,10-,11+/m0/s1. The van der Waals surface area contributed by atoms with Crippen LogP contribution in [0.1, 0.15) is 26.7 Å². The molecule has 0 unspecified atom stereocenters. The Morgan fingerprint density at radius 2 is 2.19 bits per heavy atom. The molecule has 2 aliphatic carbocycles. The Bertz CT molecular complexity index is 365. The number of nitrogens with one attached hydrogen (secondary N) is 2. The van der Waals surface area contributed by atoms with Gasteiger partial charge in [0.05, 0.1) is 5.54 Å². The smallest absolute Gasteiger partial charge is 0.167 e. The molecule has 1 saturated carbocycles. The van der Waals surface area contributed by atoms with Gasteiger partial charge in [0.1, 0.15) is 0 Å². The van der Waals surface area contributed by atoms with Crippen molar-refractivity contribution in [2.45, 2.75) is 38.3 Å². The lowest BCUT2D eigenvalue weighted by Gasteiger charge is -2.26. The van der Waals surface area contributed by atoms with Gasteiger partial charge >= 0.3 is 0 Å². The number of fused-ring (bicyclic) bond motifs is 2. The van der Waals surface area contributed by atoms with Crippen molar-refractivity contribution in [1.29, 1.82) is 0 Å². The fourth-order valence-corrected chi connectivity index (χ4v) is 2.88. The van der Waals surface area contributed by atoms with Gasteiger partial charge in [-0.2, -0.15) is 0 Å². The second-order valence-electron chi connectivity index (χ2n) is 5.25. The normalized spacial score (nSPS) is 31.2. The van der Waals surface area contributed by atoms with Crippen molar-refractivity contribution in [2.24, 2.45) is 11.8 Å². The van der Waals surface area contributed by atoms with Gasteiger partial charge in [-0.1, -0.05) is 18.1 Å². The summed E-state index contributed by atoms with van der Waals surface area (Å²) < 4.78 is 0. The Balaban J connectivity index is 1.85.